The van der Waals surface area contributed by atoms with Crippen LogP contribution in [-0.2, 0) is 17.8 Å². The first-order valence-electron chi connectivity index (χ1n) is 10.1. The SMILES string of the molecule is CCNC(=NCc1ccccc1CN1CCCCCC1)NCCCOC.I. The van der Waals surface area contributed by atoms with Crippen LogP contribution in [0.5, 0.6) is 0 Å². The summed E-state index contributed by atoms with van der Waals surface area (Å²) in [6.45, 7) is 8.81. The molecule has 2 N–H and O–H groups in total. The topological polar surface area (TPSA) is 48.9 Å². The van der Waals surface area contributed by atoms with E-state index in [-0.39, 0.29) is 24.0 Å². The molecular weight excluding hydrogens is 451 g/mol. The summed E-state index contributed by atoms with van der Waals surface area (Å²) in [7, 11) is 1.74. The Kier molecular flexibility index (Phi) is 13.5. The summed E-state index contributed by atoms with van der Waals surface area (Å²) in [6, 6.07) is 8.74. The maximum absolute atomic E-state index is 5.10. The summed E-state index contributed by atoms with van der Waals surface area (Å²) >= 11 is 0. The van der Waals surface area contributed by atoms with Crippen molar-refractivity contribution in [3.63, 3.8) is 0 Å². The van der Waals surface area contributed by atoms with E-state index in [9.17, 15) is 0 Å². The van der Waals surface area contributed by atoms with E-state index < -0.39 is 0 Å². The van der Waals surface area contributed by atoms with Crippen LogP contribution < -0.4 is 10.6 Å². The van der Waals surface area contributed by atoms with E-state index in [1.165, 1.54) is 49.9 Å². The molecule has 1 heterocycles. The fraction of sp³-hybridized carbons (Fsp3) is 0.667. The highest BCUT2D eigenvalue weighted by Crippen LogP contribution is 2.16. The molecule has 154 valence electrons. The number of aliphatic imine (C=N–C) groups is 1. The first kappa shape index (κ1) is 24.2. The Morgan fingerprint density at radius 3 is 2.44 bits per heavy atom. The maximum atomic E-state index is 5.10. The normalized spacial score (nSPS) is 15.7. The lowest BCUT2D eigenvalue weighted by Crippen LogP contribution is -2.38. The molecular formula is C21H37IN4O. The Morgan fingerprint density at radius 1 is 1.07 bits per heavy atom. The Labute approximate surface area is 182 Å². The summed E-state index contributed by atoms with van der Waals surface area (Å²) in [5, 5.41) is 6.71. The number of nitrogens with zero attached hydrogens (tertiary/aromatic N) is 2. The van der Waals surface area contributed by atoms with Gasteiger partial charge in [-0.05, 0) is 50.4 Å². The lowest BCUT2D eigenvalue weighted by molar-refractivity contribution is 0.195. The lowest BCUT2D eigenvalue weighted by atomic mass is 10.1. The van der Waals surface area contributed by atoms with Gasteiger partial charge in [-0.2, -0.15) is 0 Å². The van der Waals surface area contributed by atoms with Crippen LogP contribution in [0.3, 0.4) is 0 Å². The van der Waals surface area contributed by atoms with Gasteiger partial charge in [-0.15, -0.1) is 24.0 Å². The highest BCUT2D eigenvalue weighted by Gasteiger charge is 2.11. The quantitative estimate of drug-likeness (QED) is 0.241. The molecule has 0 unspecified atom stereocenters. The minimum atomic E-state index is 0. The van der Waals surface area contributed by atoms with Gasteiger partial charge < -0.3 is 15.4 Å². The number of rotatable bonds is 9. The highest BCUT2D eigenvalue weighted by molar-refractivity contribution is 14.0. The zero-order valence-corrected chi connectivity index (χ0v) is 19.3. The molecule has 0 atom stereocenters. The van der Waals surface area contributed by atoms with Crippen molar-refractivity contribution in [1.82, 2.24) is 15.5 Å². The predicted molar refractivity (Wildman–Crippen MR) is 125 cm³/mol. The molecule has 2 rings (SSSR count). The number of likely N-dealkylation sites (tertiary alicyclic amines) is 1. The number of methoxy groups -OCH3 is 1. The van der Waals surface area contributed by atoms with Crippen LogP contribution in [0.4, 0.5) is 0 Å². The van der Waals surface area contributed by atoms with Crippen LogP contribution in [0.2, 0.25) is 0 Å². The second-order valence-corrected chi connectivity index (χ2v) is 6.93. The average molecular weight is 488 g/mol. The second-order valence-electron chi connectivity index (χ2n) is 6.93. The van der Waals surface area contributed by atoms with Crippen LogP contribution in [-0.4, -0.2) is 50.8 Å². The van der Waals surface area contributed by atoms with E-state index in [1.54, 1.807) is 7.11 Å². The van der Waals surface area contributed by atoms with Crippen molar-refractivity contribution < 1.29 is 4.74 Å². The number of hydrogen-bond acceptors (Lipinski definition) is 3. The number of halogens is 1. The van der Waals surface area contributed by atoms with Crippen molar-refractivity contribution in [2.45, 2.75) is 52.1 Å². The van der Waals surface area contributed by atoms with E-state index in [1.807, 2.05) is 0 Å². The van der Waals surface area contributed by atoms with Crippen molar-refractivity contribution in [3.05, 3.63) is 35.4 Å². The Morgan fingerprint density at radius 2 is 1.78 bits per heavy atom. The summed E-state index contributed by atoms with van der Waals surface area (Å²) in [6.07, 6.45) is 6.39. The second kappa shape index (κ2) is 15.1. The van der Waals surface area contributed by atoms with Gasteiger partial charge in [-0.1, -0.05) is 37.1 Å². The molecule has 0 radical (unpaired) electrons. The minimum absolute atomic E-state index is 0. The van der Waals surface area contributed by atoms with Gasteiger partial charge in [0.25, 0.3) is 0 Å². The standard InChI is InChI=1S/C21H36N4O.HI/c1-3-22-21(23-13-10-16-26-2)24-17-19-11-6-7-12-20(19)18-25-14-8-4-5-9-15-25;/h6-7,11-12H,3-5,8-10,13-18H2,1-2H3,(H2,22,23,24);1H. The van der Waals surface area contributed by atoms with Gasteiger partial charge in [-0.3, -0.25) is 4.90 Å². The minimum Gasteiger partial charge on any atom is -0.385 e. The number of guanidine groups is 1. The Hall–Kier alpha value is -0.860. The molecule has 0 aromatic heterocycles. The van der Waals surface area contributed by atoms with Crippen LogP contribution in [0, 0.1) is 0 Å². The third-order valence-electron chi connectivity index (χ3n) is 4.78. The van der Waals surface area contributed by atoms with Gasteiger partial charge in [-0.25, -0.2) is 4.99 Å². The molecule has 1 saturated heterocycles. The lowest BCUT2D eigenvalue weighted by Gasteiger charge is -2.21. The van der Waals surface area contributed by atoms with Crippen LogP contribution >= 0.6 is 24.0 Å². The molecule has 27 heavy (non-hydrogen) atoms. The molecule has 0 spiro atoms. The fourth-order valence-corrected chi connectivity index (χ4v) is 3.33. The van der Waals surface area contributed by atoms with E-state index in [2.05, 4.69) is 46.7 Å². The van der Waals surface area contributed by atoms with Gasteiger partial charge in [0.05, 0.1) is 6.54 Å². The third-order valence-corrected chi connectivity index (χ3v) is 4.78. The predicted octanol–water partition coefficient (Wildman–Crippen LogP) is 3.77. The molecule has 6 heteroatoms. The molecule has 5 nitrogen and oxygen atoms in total. The molecule has 0 bridgehead atoms. The number of hydrogen-bond donors (Lipinski definition) is 2. The summed E-state index contributed by atoms with van der Waals surface area (Å²) < 4.78 is 5.10. The van der Waals surface area contributed by atoms with Crippen LogP contribution in [0.25, 0.3) is 0 Å². The van der Waals surface area contributed by atoms with E-state index in [4.69, 9.17) is 9.73 Å². The Balaban J connectivity index is 0.00000364. The Bertz CT molecular complexity index is 531. The maximum Gasteiger partial charge on any atom is 0.191 e. The highest BCUT2D eigenvalue weighted by atomic mass is 127. The van der Waals surface area contributed by atoms with Crippen molar-refractivity contribution in [3.8, 4) is 0 Å². The molecule has 1 aliphatic heterocycles. The first-order valence-corrected chi connectivity index (χ1v) is 10.1. The monoisotopic (exact) mass is 488 g/mol. The van der Waals surface area contributed by atoms with E-state index >= 15 is 0 Å². The average Bonchev–Trinajstić information content (AvgIpc) is 2.93. The van der Waals surface area contributed by atoms with Crippen LogP contribution in [0.1, 0.15) is 50.2 Å². The number of ether oxygens (including phenoxy) is 1. The largest absolute Gasteiger partial charge is 0.385 e. The fourth-order valence-electron chi connectivity index (χ4n) is 3.33. The molecule has 0 saturated carbocycles. The zero-order chi connectivity index (χ0) is 18.5. The number of nitrogens with one attached hydrogen (secondary N) is 2. The van der Waals surface area contributed by atoms with Gasteiger partial charge in [0.2, 0.25) is 0 Å². The number of benzene rings is 1. The first-order chi connectivity index (χ1) is 12.8. The summed E-state index contributed by atoms with van der Waals surface area (Å²) in [5.41, 5.74) is 2.74. The molecule has 1 fully saturated rings. The molecule has 0 amide bonds. The van der Waals surface area contributed by atoms with Crippen LogP contribution in [0.15, 0.2) is 29.3 Å². The van der Waals surface area contributed by atoms with Gasteiger partial charge >= 0.3 is 0 Å². The zero-order valence-electron chi connectivity index (χ0n) is 17.0. The molecule has 1 aromatic carbocycles. The van der Waals surface area contributed by atoms with Crippen molar-refractivity contribution in [1.29, 1.82) is 0 Å². The van der Waals surface area contributed by atoms with Gasteiger partial charge in [0.1, 0.15) is 0 Å². The van der Waals surface area contributed by atoms with Gasteiger partial charge in [0, 0.05) is 33.4 Å². The van der Waals surface area contributed by atoms with Crippen molar-refractivity contribution in [2.24, 2.45) is 4.99 Å². The van der Waals surface area contributed by atoms with Gasteiger partial charge in [0.15, 0.2) is 5.96 Å². The smallest absolute Gasteiger partial charge is 0.191 e. The van der Waals surface area contributed by atoms with E-state index in [0.717, 1.165) is 38.6 Å². The summed E-state index contributed by atoms with van der Waals surface area (Å²) in [5.74, 6) is 0.883. The molecule has 0 aliphatic carbocycles. The molecule has 1 aliphatic rings. The van der Waals surface area contributed by atoms with Crippen molar-refractivity contribution in [2.75, 3.05) is 39.9 Å². The third kappa shape index (κ3) is 9.76. The van der Waals surface area contributed by atoms with Crippen molar-refractivity contribution >= 4 is 29.9 Å². The van der Waals surface area contributed by atoms with E-state index in [0.29, 0.717) is 6.54 Å². The molecule has 1 aromatic rings. The summed E-state index contributed by atoms with van der Waals surface area (Å²) in [4.78, 5) is 7.39.